The molecule has 31 heavy (non-hydrogen) atoms. The first-order chi connectivity index (χ1) is 14.6. The van der Waals surface area contributed by atoms with E-state index in [4.69, 9.17) is 0 Å². The molecular weight excluding hydrogens is 417 g/mol. The molecule has 0 aliphatic heterocycles. The molecule has 4 rings (SSSR count). The van der Waals surface area contributed by atoms with Crippen LogP contribution in [-0.4, -0.2) is 29.2 Å². The van der Waals surface area contributed by atoms with Gasteiger partial charge in [-0.25, -0.2) is 17.8 Å². The first kappa shape index (κ1) is 20.9. The lowest BCUT2D eigenvalue weighted by Crippen LogP contribution is -2.21. The maximum absolute atomic E-state index is 13.7. The molecule has 6 nitrogen and oxygen atoms in total. The minimum atomic E-state index is -3.79. The van der Waals surface area contributed by atoms with Crippen molar-refractivity contribution in [3.63, 3.8) is 0 Å². The monoisotopic (exact) mass is 437 g/mol. The number of nitrogens with zero attached hydrogens (tertiary/aromatic N) is 3. The lowest BCUT2D eigenvalue weighted by Gasteiger charge is -2.17. The molecule has 0 saturated carbocycles. The van der Waals surface area contributed by atoms with Gasteiger partial charge in [-0.3, -0.25) is 9.36 Å². The Labute approximate surface area is 179 Å². The van der Waals surface area contributed by atoms with Gasteiger partial charge in [-0.2, -0.15) is 4.98 Å². The normalized spacial score (nSPS) is 11.8. The first-order valence-electron chi connectivity index (χ1n) is 9.55. The SMILES string of the molecule is Cc1cc(F)ccc1-c1nc(S(C)(=O)=O)nc2c1ccc(=O)n2-c1c(C)cccc1C. The van der Waals surface area contributed by atoms with E-state index < -0.39 is 20.8 Å². The summed E-state index contributed by atoms with van der Waals surface area (Å²) < 4.78 is 39.9. The number of fused-ring (bicyclic) bond motifs is 1. The molecule has 2 aromatic carbocycles. The minimum absolute atomic E-state index is 0.180. The number of aromatic nitrogens is 3. The highest BCUT2D eigenvalue weighted by Crippen LogP contribution is 2.31. The summed E-state index contributed by atoms with van der Waals surface area (Å²) in [7, 11) is -3.79. The molecule has 0 aliphatic rings. The van der Waals surface area contributed by atoms with Gasteiger partial charge >= 0.3 is 0 Å². The summed E-state index contributed by atoms with van der Waals surface area (Å²) in [6.07, 6.45) is 1.01. The van der Waals surface area contributed by atoms with Crippen molar-refractivity contribution in [1.82, 2.24) is 14.5 Å². The third-order valence-electron chi connectivity index (χ3n) is 5.17. The third kappa shape index (κ3) is 3.63. The molecule has 0 unspecified atom stereocenters. The van der Waals surface area contributed by atoms with Gasteiger partial charge in [0.15, 0.2) is 5.65 Å². The van der Waals surface area contributed by atoms with Crippen molar-refractivity contribution in [2.45, 2.75) is 25.9 Å². The molecule has 0 atom stereocenters. The molecule has 8 heteroatoms. The van der Waals surface area contributed by atoms with E-state index >= 15 is 0 Å². The first-order valence-corrected chi connectivity index (χ1v) is 11.4. The number of hydrogen-bond acceptors (Lipinski definition) is 5. The molecule has 0 spiro atoms. The van der Waals surface area contributed by atoms with Crippen molar-refractivity contribution in [3.05, 3.63) is 81.4 Å². The molecule has 158 valence electrons. The molecule has 0 amide bonds. The van der Waals surface area contributed by atoms with Crippen molar-refractivity contribution in [2.24, 2.45) is 0 Å². The van der Waals surface area contributed by atoms with E-state index in [1.165, 1.54) is 22.8 Å². The van der Waals surface area contributed by atoms with Crippen LogP contribution in [0.2, 0.25) is 0 Å². The topological polar surface area (TPSA) is 81.9 Å². The van der Waals surface area contributed by atoms with E-state index in [1.807, 2.05) is 32.0 Å². The van der Waals surface area contributed by atoms with Crippen LogP contribution in [-0.2, 0) is 9.84 Å². The summed E-state index contributed by atoms with van der Waals surface area (Å²) >= 11 is 0. The third-order valence-corrected chi connectivity index (χ3v) is 6.01. The minimum Gasteiger partial charge on any atom is -0.269 e. The fraction of sp³-hybridized carbons (Fsp3) is 0.174. The maximum Gasteiger partial charge on any atom is 0.256 e. The summed E-state index contributed by atoms with van der Waals surface area (Å²) in [5, 5.41) is 0.0914. The zero-order valence-electron chi connectivity index (χ0n) is 17.5. The van der Waals surface area contributed by atoms with Crippen LogP contribution in [0.15, 0.2) is 58.5 Å². The Morgan fingerprint density at radius 2 is 1.58 bits per heavy atom. The molecule has 2 aromatic heterocycles. The van der Waals surface area contributed by atoms with Gasteiger partial charge in [0.05, 0.1) is 11.4 Å². The molecule has 0 bridgehead atoms. The van der Waals surface area contributed by atoms with Gasteiger partial charge in [0, 0.05) is 23.3 Å². The smallest absolute Gasteiger partial charge is 0.256 e. The summed E-state index contributed by atoms with van der Waals surface area (Å²) in [4.78, 5) is 21.6. The Morgan fingerprint density at radius 1 is 0.903 bits per heavy atom. The lowest BCUT2D eigenvalue weighted by atomic mass is 10.0. The predicted molar refractivity (Wildman–Crippen MR) is 118 cm³/mol. The fourth-order valence-electron chi connectivity index (χ4n) is 3.73. The van der Waals surface area contributed by atoms with Crippen molar-refractivity contribution in [3.8, 4) is 16.9 Å². The Kier molecular flexibility index (Phi) is 4.97. The molecule has 0 fully saturated rings. The Hall–Kier alpha value is -3.39. The molecule has 0 radical (unpaired) electrons. The Balaban J connectivity index is 2.23. The standard InChI is InChI=1S/C23H20FN3O3S/c1-13-6-5-7-14(2)21(13)27-19(28)11-10-18-20(17-9-8-16(24)12-15(17)3)25-23(26-22(18)27)31(4,29)30/h5-12H,1-4H3. The highest BCUT2D eigenvalue weighted by Gasteiger charge is 2.21. The number of benzene rings is 2. The van der Waals surface area contributed by atoms with Crippen molar-refractivity contribution in [2.75, 3.05) is 6.26 Å². The zero-order valence-corrected chi connectivity index (χ0v) is 18.3. The van der Waals surface area contributed by atoms with E-state index in [0.717, 1.165) is 17.4 Å². The molecule has 0 saturated heterocycles. The van der Waals surface area contributed by atoms with Gasteiger partial charge in [0.25, 0.3) is 5.56 Å². The van der Waals surface area contributed by atoms with Crippen molar-refractivity contribution in [1.29, 1.82) is 0 Å². The summed E-state index contributed by atoms with van der Waals surface area (Å²) in [6.45, 7) is 5.46. The average molecular weight is 437 g/mol. The van der Waals surface area contributed by atoms with Gasteiger partial charge in [-0.15, -0.1) is 0 Å². The van der Waals surface area contributed by atoms with Crippen LogP contribution in [0.5, 0.6) is 0 Å². The zero-order chi connectivity index (χ0) is 22.5. The highest BCUT2D eigenvalue weighted by atomic mass is 32.2. The second-order valence-corrected chi connectivity index (χ2v) is 9.48. The lowest BCUT2D eigenvalue weighted by molar-refractivity contribution is 0.593. The van der Waals surface area contributed by atoms with Crippen molar-refractivity contribution < 1.29 is 12.8 Å². The van der Waals surface area contributed by atoms with E-state index in [0.29, 0.717) is 27.9 Å². The van der Waals surface area contributed by atoms with Crippen LogP contribution in [0.1, 0.15) is 16.7 Å². The van der Waals surface area contributed by atoms with Gasteiger partial charge in [0.1, 0.15) is 5.82 Å². The summed E-state index contributed by atoms with van der Waals surface area (Å²) in [5.74, 6) is -0.407. The van der Waals surface area contributed by atoms with E-state index in [9.17, 15) is 17.6 Å². The van der Waals surface area contributed by atoms with Crippen LogP contribution in [0.4, 0.5) is 4.39 Å². The molecule has 4 aromatic rings. The number of pyridine rings is 1. The van der Waals surface area contributed by atoms with Crippen LogP contribution < -0.4 is 5.56 Å². The predicted octanol–water partition coefficient (Wildman–Crippen LogP) is 3.92. The molecule has 0 aliphatic carbocycles. The Morgan fingerprint density at radius 3 is 2.19 bits per heavy atom. The largest absolute Gasteiger partial charge is 0.269 e. The number of sulfone groups is 1. The van der Waals surface area contributed by atoms with E-state index in [-0.39, 0.29) is 11.2 Å². The second kappa shape index (κ2) is 7.39. The number of halogens is 1. The number of aryl methyl sites for hydroxylation is 3. The summed E-state index contributed by atoms with van der Waals surface area (Å²) in [5.41, 5.74) is 3.63. The fourth-order valence-corrected chi connectivity index (χ4v) is 4.24. The summed E-state index contributed by atoms with van der Waals surface area (Å²) in [6, 6.07) is 12.8. The molecular formula is C23H20FN3O3S. The number of para-hydroxylation sites is 1. The Bertz CT molecular complexity index is 1510. The molecule has 2 heterocycles. The van der Waals surface area contributed by atoms with Crippen LogP contribution in [0, 0.1) is 26.6 Å². The van der Waals surface area contributed by atoms with Gasteiger partial charge < -0.3 is 0 Å². The quantitative estimate of drug-likeness (QED) is 0.454. The van der Waals surface area contributed by atoms with Gasteiger partial charge in [-0.05, 0) is 61.7 Å². The maximum atomic E-state index is 13.7. The van der Waals surface area contributed by atoms with Crippen LogP contribution in [0.3, 0.4) is 0 Å². The van der Waals surface area contributed by atoms with E-state index in [1.54, 1.807) is 19.1 Å². The second-order valence-electron chi connectivity index (χ2n) is 7.57. The molecule has 0 N–H and O–H groups in total. The average Bonchev–Trinajstić information content (AvgIpc) is 2.68. The van der Waals surface area contributed by atoms with E-state index in [2.05, 4.69) is 9.97 Å². The number of rotatable bonds is 3. The van der Waals surface area contributed by atoms with Crippen LogP contribution >= 0.6 is 0 Å². The van der Waals surface area contributed by atoms with Gasteiger partial charge in [0.2, 0.25) is 15.0 Å². The highest BCUT2D eigenvalue weighted by molar-refractivity contribution is 7.90. The number of hydrogen-bond donors (Lipinski definition) is 0. The van der Waals surface area contributed by atoms with Crippen LogP contribution in [0.25, 0.3) is 28.0 Å². The van der Waals surface area contributed by atoms with Crippen molar-refractivity contribution >= 4 is 20.9 Å². The van der Waals surface area contributed by atoms with Gasteiger partial charge in [-0.1, -0.05) is 18.2 Å².